The highest BCUT2D eigenvalue weighted by molar-refractivity contribution is 7.92. The van der Waals surface area contributed by atoms with E-state index >= 15 is 0 Å². The molecule has 1 aromatic heterocycles. The van der Waals surface area contributed by atoms with Crippen molar-refractivity contribution in [2.75, 3.05) is 0 Å². The fourth-order valence-corrected chi connectivity index (χ4v) is 4.01. The highest BCUT2D eigenvalue weighted by Gasteiger charge is 2.38. The van der Waals surface area contributed by atoms with Gasteiger partial charge in [-0.15, -0.1) is 11.3 Å². The smallest absolute Gasteiger partial charge is 0.346 e. The molecule has 0 aliphatic carbocycles. The van der Waals surface area contributed by atoms with Gasteiger partial charge in [-0.2, -0.15) is 0 Å². The number of carbonyl (C=O) groups is 2. The number of aromatic carboxylic acids is 1. The van der Waals surface area contributed by atoms with Gasteiger partial charge in [-0.1, -0.05) is 0 Å². The van der Waals surface area contributed by atoms with E-state index in [1.165, 1.54) is 6.92 Å². The number of carbonyl (C=O) groups excluding carboxylic acids is 1. The first-order valence-corrected chi connectivity index (χ1v) is 6.08. The van der Waals surface area contributed by atoms with Crippen molar-refractivity contribution in [3.63, 3.8) is 0 Å². The van der Waals surface area contributed by atoms with E-state index in [0.29, 0.717) is 11.3 Å². The van der Waals surface area contributed by atoms with Gasteiger partial charge in [0.15, 0.2) is 4.21 Å². The molecule has 0 bridgehead atoms. The Morgan fingerprint density at radius 3 is 2.53 bits per heavy atom. The molecule has 8 heteroatoms. The number of hydrogen-bond donors (Lipinski definition) is 2. The summed E-state index contributed by atoms with van der Waals surface area (Å²) in [5.74, 6) is -1.99. The second-order valence-electron chi connectivity index (χ2n) is 2.96. The van der Waals surface area contributed by atoms with Crippen molar-refractivity contribution in [2.24, 2.45) is 0 Å². The van der Waals surface area contributed by atoms with Crippen molar-refractivity contribution in [3.05, 3.63) is 16.0 Å². The standard InChI is InChI=1S/C7H5NO5S2/c1-2-3-5(9)8-15(12,13)7(3)14-4(2)6(10)11/h1H3,(H,8,9)(H,10,11). The van der Waals surface area contributed by atoms with Crippen LogP contribution >= 0.6 is 11.3 Å². The Labute approximate surface area is 88.6 Å². The summed E-state index contributed by atoms with van der Waals surface area (Å²) in [6.07, 6.45) is 0. The van der Waals surface area contributed by atoms with Gasteiger partial charge < -0.3 is 5.11 Å². The highest BCUT2D eigenvalue weighted by atomic mass is 32.2. The number of thiophene rings is 1. The van der Waals surface area contributed by atoms with Crippen molar-refractivity contribution >= 4 is 33.2 Å². The summed E-state index contributed by atoms with van der Waals surface area (Å²) in [6.45, 7) is 1.42. The molecule has 0 atom stereocenters. The van der Waals surface area contributed by atoms with Crippen molar-refractivity contribution in [3.8, 4) is 0 Å². The minimum atomic E-state index is -3.83. The molecular formula is C7H5NO5S2. The van der Waals surface area contributed by atoms with Gasteiger partial charge in [0.1, 0.15) is 4.88 Å². The number of amides is 1. The predicted molar refractivity (Wildman–Crippen MR) is 50.7 cm³/mol. The van der Waals surface area contributed by atoms with Gasteiger partial charge in [0.2, 0.25) is 0 Å². The summed E-state index contributed by atoms with van der Waals surface area (Å²) in [5.41, 5.74) is 0.151. The summed E-state index contributed by atoms with van der Waals surface area (Å²) in [6, 6.07) is 0. The number of carboxylic acids is 1. The Hall–Kier alpha value is -1.41. The quantitative estimate of drug-likeness (QED) is 0.737. The first-order chi connectivity index (χ1) is 6.84. The summed E-state index contributed by atoms with van der Waals surface area (Å²) >= 11 is 0.597. The van der Waals surface area contributed by atoms with Gasteiger partial charge in [-0.05, 0) is 12.5 Å². The average molecular weight is 247 g/mol. The van der Waals surface area contributed by atoms with Crippen molar-refractivity contribution in [1.29, 1.82) is 0 Å². The van der Waals surface area contributed by atoms with Gasteiger partial charge in [0.25, 0.3) is 15.9 Å². The first-order valence-electron chi connectivity index (χ1n) is 3.78. The normalized spacial score (nSPS) is 17.3. The minimum Gasteiger partial charge on any atom is -0.477 e. The third kappa shape index (κ3) is 1.25. The molecule has 0 radical (unpaired) electrons. The maximum absolute atomic E-state index is 11.3. The van der Waals surface area contributed by atoms with Gasteiger partial charge in [0, 0.05) is 0 Å². The van der Waals surface area contributed by atoms with Crippen LogP contribution < -0.4 is 4.72 Å². The van der Waals surface area contributed by atoms with E-state index in [-0.39, 0.29) is 20.2 Å². The summed E-state index contributed by atoms with van der Waals surface area (Å²) in [5, 5.41) is 8.76. The van der Waals surface area contributed by atoms with Crippen LogP contribution in [0.1, 0.15) is 25.6 Å². The monoisotopic (exact) mass is 247 g/mol. The zero-order chi connectivity index (χ0) is 11.4. The lowest BCUT2D eigenvalue weighted by Crippen LogP contribution is -2.21. The summed E-state index contributed by atoms with van der Waals surface area (Å²) in [4.78, 5) is 21.9. The Balaban J connectivity index is 2.82. The highest BCUT2D eigenvalue weighted by Crippen LogP contribution is 2.35. The molecule has 2 heterocycles. The summed E-state index contributed by atoms with van der Waals surface area (Å²) in [7, 11) is -3.83. The number of hydrogen-bond acceptors (Lipinski definition) is 5. The van der Waals surface area contributed by atoms with Crippen LogP contribution in [0.4, 0.5) is 0 Å². The SMILES string of the molecule is Cc1c(C(=O)O)sc2c1C(=O)NS2(=O)=O. The van der Waals surface area contributed by atoms with E-state index in [1.54, 1.807) is 4.72 Å². The molecule has 15 heavy (non-hydrogen) atoms. The fourth-order valence-electron chi connectivity index (χ4n) is 1.36. The van der Waals surface area contributed by atoms with Crippen LogP contribution in [0.2, 0.25) is 0 Å². The molecule has 0 fully saturated rings. The van der Waals surface area contributed by atoms with E-state index in [1.807, 2.05) is 0 Å². The van der Waals surface area contributed by atoms with E-state index in [4.69, 9.17) is 5.11 Å². The number of nitrogens with one attached hydrogen (secondary N) is 1. The molecule has 1 aliphatic heterocycles. The predicted octanol–water partition coefficient (Wildman–Crippen LogP) is 0.187. The zero-order valence-electron chi connectivity index (χ0n) is 7.40. The lowest BCUT2D eigenvalue weighted by molar-refractivity contribution is 0.0701. The molecule has 2 rings (SSSR count). The Kier molecular flexibility index (Phi) is 1.89. The van der Waals surface area contributed by atoms with Crippen LogP contribution in [0.25, 0.3) is 0 Å². The van der Waals surface area contributed by atoms with E-state index < -0.39 is 21.9 Å². The Bertz CT molecular complexity index is 583. The van der Waals surface area contributed by atoms with Crippen LogP contribution in [-0.4, -0.2) is 25.4 Å². The molecule has 1 amide bonds. The van der Waals surface area contributed by atoms with Gasteiger partial charge in [-0.25, -0.2) is 17.9 Å². The maximum atomic E-state index is 11.3. The number of rotatable bonds is 1. The first kappa shape index (κ1) is 10.1. The van der Waals surface area contributed by atoms with Crippen molar-refractivity contribution in [2.45, 2.75) is 11.1 Å². The molecule has 0 aromatic carbocycles. The Morgan fingerprint density at radius 2 is 2.07 bits per heavy atom. The number of carboxylic acid groups (broad SMARTS) is 1. The van der Waals surface area contributed by atoms with Crippen LogP contribution in [0.15, 0.2) is 4.21 Å². The molecule has 1 aliphatic rings. The van der Waals surface area contributed by atoms with Gasteiger partial charge >= 0.3 is 5.97 Å². The number of fused-ring (bicyclic) bond motifs is 1. The fraction of sp³-hybridized carbons (Fsp3) is 0.143. The van der Waals surface area contributed by atoms with E-state index in [2.05, 4.69) is 0 Å². The second-order valence-corrected chi connectivity index (χ2v) is 5.86. The lowest BCUT2D eigenvalue weighted by atomic mass is 10.1. The van der Waals surface area contributed by atoms with Crippen LogP contribution in [0.3, 0.4) is 0 Å². The molecule has 1 aromatic rings. The molecule has 2 N–H and O–H groups in total. The molecule has 80 valence electrons. The average Bonchev–Trinajstić information content (AvgIpc) is 2.51. The maximum Gasteiger partial charge on any atom is 0.346 e. The molecular weight excluding hydrogens is 242 g/mol. The van der Waals surface area contributed by atoms with Crippen molar-refractivity contribution in [1.82, 2.24) is 4.72 Å². The van der Waals surface area contributed by atoms with Crippen LogP contribution in [-0.2, 0) is 10.0 Å². The van der Waals surface area contributed by atoms with Crippen LogP contribution in [0.5, 0.6) is 0 Å². The van der Waals surface area contributed by atoms with Crippen LogP contribution in [0, 0.1) is 6.92 Å². The van der Waals surface area contributed by atoms with E-state index in [0.717, 1.165) is 0 Å². The largest absolute Gasteiger partial charge is 0.477 e. The Morgan fingerprint density at radius 1 is 1.47 bits per heavy atom. The third-order valence-corrected chi connectivity index (χ3v) is 5.14. The van der Waals surface area contributed by atoms with Gasteiger partial charge in [0.05, 0.1) is 5.56 Å². The minimum absolute atomic E-state index is 0.0441. The zero-order valence-corrected chi connectivity index (χ0v) is 9.03. The van der Waals surface area contributed by atoms with E-state index in [9.17, 15) is 18.0 Å². The topological polar surface area (TPSA) is 101 Å². The van der Waals surface area contributed by atoms with Gasteiger partial charge in [-0.3, -0.25) is 4.79 Å². The third-order valence-electron chi connectivity index (χ3n) is 2.01. The lowest BCUT2D eigenvalue weighted by Gasteiger charge is -1.94. The number of sulfonamides is 1. The molecule has 0 unspecified atom stereocenters. The second kappa shape index (κ2) is 2.80. The van der Waals surface area contributed by atoms with Crippen molar-refractivity contribution < 1.29 is 23.1 Å². The molecule has 0 saturated heterocycles. The summed E-state index contributed by atoms with van der Waals surface area (Å²) < 4.78 is 24.3. The molecule has 0 spiro atoms. The molecule has 6 nitrogen and oxygen atoms in total. The molecule has 0 saturated carbocycles.